The first kappa shape index (κ1) is 12.3. The second kappa shape index (κ2) is 4.97. The molecule has 0 bridgehead atoms. The third-order valence-electron chi connectivity index (χ3n) is 2.07. The molecule has 0 aliphatic heterocycles. The number of halogens is 1. The van der Waals surface area contributed by atoms with Crippen molar-refractivity contribution < 1.29 is 4.79 Å². The van der Waals surface area contributed by atoms with Crippen molar-refractivity contribution in [1.82, 2.24) is 15.2 Å². The average Bonchev–Trinajstić information content (AvgIpc) is 2.88. The molecule has 5 nitrogen and oxygen atoms in total. The predicted molar refractivity (Wildman–Crippen MR) is 70.4 cm³/mol. The van der Waals surface area contributed by atoms with E-state index >= 15 is 0 Å². The molecule has 7 heteroatoms. The van der Waals surface area contributed by atoms with Gasteiger partial charge in [-0.25, -0.2) is 4.98 Å². The molecule has 2 rings (SSSR count). The summed E-state index contributed by atoms with van der Waals surface area (Å²) in [6.07, 6.45) is 3.18. The van der Waals surface area contributed by atoms with Gasteiger partial charge in [-0.05, 0) is 15.9 Å². The summed E-state index contributed by atoms with van der Waals surface area (Å²) in [4.78, 5) is 16.7. The van der Waals surface area contributed by atoms with Gasteiger partial charge in [0, 0.05) is 5.92 Å². The van der Waals surface area contributed by atoms with E-state index in [4.69, 9.17) is 0 Å². The number of amides is 1. The van der Waals surface area contributed by atoms with Crippen LogP contribution in [0.15, 0.2) is 16.9 Å². The van der Waals surface area contributed by atoms with Crippen LogP contribution in [0.25, 0.3) is 0 Å². The third kappa shape index (κ3) is 2.73. The SMILES string of the molecule is CC(C)c1ncc(C(=O)Nc2[nH]ncc2Br)s1. The molecule has 2 heterocycles. The van der Waals surface area contributed by atoms with Gasteiger partial charge < -0.3 is 5.32 Å². The van der Waals surface area contributed by atoms with Crippen molar-refractivity contribution in [2.24, 2.45) is 0 Å². The summed E-state index contributed by atoms with van der Waals surface area (Å²) in [6.45, 7) is 4.10. The Hall–Kier alpha value is -1.21. The molecule has 0 atom stereocenters. The molecular formula is C10H11BrN4OS. The lowest BCUT2D eigenvalue weighted by Gasteiger charge is -2.00. The molecule has 0 aliphatic carbocycles. The Labute approximate surface area is 111 Å². The highest BCUT2D eigenvalue weighted by atomic mass is 79.9. The van der Waals surface area contributed by atoms with E-state index in [0.717, 1.165) is 9.48 Å². The second-order valence-corrected chi connectivity index (χ2v) is 5.68. The number of thiazole rings is 1. The minimum atomic E-state index is -0.181. The van der Waals surface area contributed by atoms with E-state index in [2.05, 4.69) is 36.4 Å². The summed E-state index contributed by atoms with van der Waals surface area (Å²) in [5.74, 6) is 0.703. The maximum absolute atomic E-state index is 11.9. The molecule has 0 spiro atoms. The van der Waals surface area contributed by atoms with E-state index in [9.17, 15) is 4.79 Å². The number of nitrogens with zero attached hydrogens (tertiary/aromatic N) is 2. The molecule has 90 valence electrons. The Balaban J connectivity index is 2.12. The van der Waals surface area contributed by atoms with Gasteiger partial charge in [0.1, 0.15) is 10.7 Å². The third-order valence-corrected chi connectivity index (χ3v) is 3.97. The lowest BCUT2D eigenvalue weighted by atomic mass is 10.2. The monoisotopic (exact) mass is 314 g/mol. The molecular weight excluding hydrogens is 304 g/mol. The zero-order chi connectivity index (χ0) is 12.4. The van der Waals surface area contributed by atoms with Crippen molar-refractivity contribution >= 4 is 39.0 Å². The van der Waals surface area contributed by atoms with Crippen LogP contribution in [0, 0.1) is 0 Å². The van der Waals surface area contributed by atoms with Gasteiger partial charge in [-0.15, -0.1) is 11.3 Å². The minimum absolute atomic E-state index is 0.181. The summed E-state index contributed by atoms with van der Waals surface area (Å²) < 4.78 is 0.722. The summed E-state index contributed by atoms with van der Waals surface area (Å²) in [6, 6.07) is 0. The summed E-state index contributed by atoms with van der Waals surface area (Å²) in [5.41, 5.74) is 0. The molecule has 0 aliphatic rings. The lowest BCUT2D eigenvalue weighted by molar-refractivity contribution is 0.103. The first-order chi connectivity index (χ1) is 8.08. The molecule has 2 aromatic heterocycles. The Bertz CT molecular complexity index is 534. The van der Waals surface area contributed by atoms with E-state index in [1.165, 1.54) is 11.3 Å². The first-order valence-electron chi connectivity index (χ1n) is 5.04. The summed E-state index contributed by atoms with van der Waals surface area (Å²) in [5, 5.41) is 10.2. The quantitative estimate of drug-likeness (QED) is 0.914. The van der Waals surface area contributed by atoms with Crippen molar-refractivity contribution in [3.63, 3.8) is 0 Å². The Morgan fingerprint density at radius 3 is 2.82 bits per heavy atom. The van der Waals surface area contributed by atoms with Gasteiger partial charge in [0.15, 0.2) is 0 Å². The van der Waals surface area contributed by atoms with Crippen molar-refractivity contribution in [1.29, 1.82) is 0 Å². The van der Waals surface area contributed by atoms with Crippen molar-refractivity contribution in [3.05, 3.63) is 26.8 Å². The molecule has 0 saturated heterocycles. The Morgan fingerprint density at radius 2 is 2.29 bits per heavy atom. The van der Waals surface area contributed by atoms with Crippen LogP contribution in [-0.2, 0) is 0 Å². The van der Waals surface area contributed by atoms with Crippen molar-refractivity contribution in [3.8, 4) is 0 Å². The predicted octanol–water partition coefficient (Wildman–Crippen LogP) is 3.00. The number of H-pyrrole nitrogens is 1. The molecule has 2 N–H and O–H groups in total. The largest absolute Gasteiger partial charge is 0.305 e. The molecule has 17 heavy (non-hydrogen) atoms. The van der Waals surface area contributed by atoms with Crippen LogP contribution >= 0.6 is 27.3 Å². The number of rotatable bonds is 3. The van der Waals surface area contributed by atoms with E-state index in [1.807, 2.05) is 13.8 Å². The van der Waals surface area contributed by atoms with Crippen LogP contribution in [0.4, 0.5) is 5.82 Å². The second-order valence-electron chi connectivity index (χ2n) is 3.76. The van der Waals surface area contributed by atoms with Gasteiger partial charge in [-0.3, -0.25) is 9.89 Å². The fourth-order valence-electron chi connectivity index (χ4n) is 1.19. The molecule has 0 radical (unpaired) electrons. The van der Waals surface area contributed by atoms with Crippen LogP contribution < -0.4 is 5.32 Å². The smallest absolute Gasteiger partial charge is 0.268 e. The molecule has 1 amide bonds. The highest BCUT2D eigenvalue weighted by molar-refractivity contribution is 9.10. The van der Waals surface area contributed by atoms with Crippen LogP contribution in [0.3, 0.4) is 0 Å². The highest BCUT2D eigenvalue weighted by Gasteiger charge is 2.14. The van der Waals surface area contributed by atoms with Crippen molar-refractivity contribution in [2.75, 3.05) is 5.32 Å². The molecule has 0 fully saturated rings. The number of anilines is 1. The highest BCUT2D eigenvalue weighted by Crippen LogP contribution is 2.23. The maximum Gasteiger partial charge on any atom is 0.268 e. The van der Waals surface area contributed by atoms with E-state index in [-0.39, 0.29) is 5.91 Å². The topological polar surface area (TPSA) is 70.7 Å². The van der Waals surface area contributed by atoms with Gasteiger partial charge in [-0.1, -0.05) is 13.8 Å². The van der Waals surface area contributed by atoms with Crippen LogP contribution in [-0.4, -0.2) is 21.1 Å². The fourth-order valence-corrected chi connectivity index (χ4v) is 2.30. The standard InChI is InChI=1S/C10H11BrN4OS/c1-5(2)10-12-4-7(17-10)9(16)14-8-6(11)3-13-15-8/h3-5H,1-2H3,(H2,13,14,15,16). The molecule has 0 saturated carbocycles. The maximum atomic E-state index is 11.9. The number of nitrogens with one attached hydrogen (secondary N) is 2. The van der Waals surface area contributed by atoms with Gasteiger partial charge in [0.2, 0.25) is 0 Å². The number of carbonyl (C=O) groups is 1. The summed E-state index contributed by atoms with van der Waals surface area (Å²) in [7, 11) is 0. The first-order valence-corrected chi connectivity index (χ1v) is 6.65. The Kier molecular flexibility index (Phi) is 3.58. The lowest BCUT2D eigenvalue weighted by Crippen LogP contribution is -2.10. The fraction of sp³-hybridized carbons (Fsp3) is 0.300. The number of aromatic amines is 1. The van der Waals surface area contributed by atoms with E-state index < -0.39 is 0 Å². The van der Waals surface area contributed by atoms with Gasteiger partial charge in [0.25, 0.3) is 5.91 Å². The van der Waals surface area contributed by atoms with E-state index in [0.29, 0.717) is 16.6 Å². The number of hydrogen-bond donors (Lipinski definition) is 2. The van der Waals surface area contributed by atoms with Gasteiger partial charge >= 0.3 is 0 Å². The van der Waals surface area contributed by atoms with Gasteiger partial charge in [-0.2, -0.15) is 5.10 Å². The Morgan fingerprint density at radius 1 is 1.53 bits per heavy atom. The average molecular weight is 315 g/mol. The minimum Gasteiger partial charge on any atom is -0.305 e. The van der Waals surface area contributed by atoms with Crippen LogP contribution in [0.2, 0.25) is 0 Å². The number of aromatic nitrogens is 3. The summed E-state index contributed by atoms with van der Waals surface area (Å²) >= 11 is 4.68. The van der Waals surface area contributed by atoms with Crippen LogP contribution in [0.1, 0.15) is 34.4 Å². The zero-order valence-corrected chi connectivity index (χ0v) is 11.7. The normalized spacial score (nSPS) is 10.8. The van der Waals surface area contributed by atoms with E-state index in [1.54, 1.807) is 12.4 Å². The number of hydrogen-bond acceptors (Lipinski definition) is 4. The van der Waals surface area contributed by atoms with Crippen LogP contribution in [0.5, 0.6) is 0 Å². The molecule has 0 aromatic carbocycles. The number of carbonyl (C=O) groups excluding carboxylic acids is 1. The van der Waals surface area contributed by atoms with Crippen molar-refractivity contribution in [2.45, 2.75) is 19.8 Å². The molecule has 0 unspecified atom stereocenters. The zero-order valence-electron chi connectivity index (χ0n) is 9.32. The molecule has 2 aromatic rings. The van der Waals surface area contributed by atoms with Gasteiger partial charge in [0.05, 0.1) is 21.9 Å².